The molecule has 0 unspecified atom stereocenters. The highest BCUT2D eigenvalue weighted by Gasteiger charge is 2.50. The second-order valence-corrected chi connectivity index (χ2v) is 20.7. The number of rotatable bonds is 12. The number of carbonyl (C=O) groups is 1. The zero-order valence-corrected chi connectivity index (χ0v) is 36.7. The Hall–Kier alpha value is -5.87. The van der Waals surface area contributed by atoms with Gasteiger partial charge in [-0.15, -0.1) is 0 Å². The maximum atomic E-state index is 14.2. The molecule has 5 aliphatic rings. The summed E-state index contributed by atoms with van der Waals surface area (Å²) < 4.78 is 31.6. The largest absolute Gasteiger partial charge is 0.371 e. The number of nitrogens with one attached hydrogen (secondary N) is 3. The molecule has 11 rings (SSSR count). The molecule has 3 aliphatic carbocycles. The van der Waals surface area contributed by atoms with Crippen LogP contribution >= 0.6 is 0 Å². The predicted molar refractivity (Wildman–Crippen MR) is 245 cm³/mol. The van der Waals surface area contributed by atoms with E-state index in [1.807, 2.05) is 24.3 Å². The third-order valence-electron chi connectivity index (χ3n) is 15.0. The zero-order chi connectivity index (χ0) is 43.6. The lowest BCUT2D eigenvalue weighted by Gasteiger charge is -2.56. The van der Waals surface area contributed by atoms with Gasteiger partial charge in [0.05, 0.1) is 27.9 Å². The molecule has 16 heteroatoms. The first-order valence-corrected chi connectivity index (χ1v) is 24.6. The SMILES string of the molecule is O=C(NS(=O)(=O)c1cnc(NCC2CCCCC2)c([N+](=O)[O-])c1)c1ccc(N2CCC3(CC2)CC(N2CCC[C@H]2c2ccccc2C2CC2)C3)cc1-n1[nH]cc2nc3nccc3cc21. The molecular weight excluding hydrogens is 829 g/mol. The lowest BCUT2D eigenvalue weighted by Crippen LogP contribution is -2.55. The fourth-order valence-electron chi connectivity index (χ4n) is 11.4. The average molecular weight is 883 g/mol. The molecule has 0 radical (unpaired) electrons. The quantitative estimate of drug-likeness (QED) is 0.0789. The number of hydrogen-bond acceptors (Lipinski definition) is 11. The van der Waals surface area contributed by atoms with Crippen LogP contribution in [-0.2, 0) is 10.0 Å². The van der Waals surface area contributed by atoms with E-state index in [9.17, 15) is 23.3 Å². The molecule has 5 fully saturated rings. The Balaban J connectivity index is 0.831. The number of aromatic nitrogens is 5. The summed E-state index contributed by atoms with van der Waals surface area (Å²) in [5, 5.41) is 19.3. The van der Waals surface area contributed by atoms with E-state index in [0.29, 0.717) is 52.3 Å². The molecule has 1 amide bonds. The molecule has 15 nitrogen and oxygen atoms in total. The first-order chi connectivity index (χ1) is 31.1. The van der Waals surface area contributed by atoms with Crippen LogP contribution in [0.25, 0.3) is 27.8 Å². The number of aromatic amines is 1. The molecule has 1 spiro atoms. The Kier molecular flexibility index (Phi) is 10.4. The molecule has 2 aliphatic heterocycles. The van der Waals surface area contributed by atoms with Crippen LogP contribution in [-0.4, -0.2) is 81.1 Å². The first kappa shape index (κ1) is 40.9. The number of nitro groups is 1. The first-order valence-electron chi connectivity index (χ1n) is 23.1. The highest BCUT2D eigenvalue weighted by molar-refractivity contribution is 7.90. The van der Waals surface area contributed by atoms with Crippen molar-refractivity contribution in [1.29, 1.82) is 0 Å². The van der Waals surface area contributed by atoms with Gasteiger partial charge in [0.15, 0.2) is 5.65 Å². The second kappa shape index (κ2) is 16.3. The number of carbonyl (C=O) groups excluding carboxylic acids is 1. The third-order valence-corrected chi connectivity index (χ3v) is 16.3. The fourth-order valence-corrected chi connectivity index (χ4v) is 12.3. The van der Waals surface area contributed by atoms with E-state index in [4.69, 9.17) is 4.98 Å². The Bertz CT molecular complexity index is 2870. The second-order valence-electron chi connectivity index (χ2n) is 19.0. The van der Waals surface area contributed by atoms with Gasteiger partial charge in [0, 0.05) is 61.3 Å². The minimum Gasteiger partial charge on any atom is -0.371 e. The van der Waals surface area contributed by atoms with Crippen LogP contribution in [0.1, 0.15) is 117 Å². The van der Waals surface area contributed by atoms with Gasteiger partial charge in [-0.05, 0) is 129 Å². The van der Waals surface area contributed by atoms with E-state index in [1.54, 1.807) is 34.3 Å². The number of amides is 1. The maximum Gasteiger partial charge on any atom is 0.312 e. The van der Waals surface area contributed by atoms with Crippen molar-refractivity contribution in [2.24, 2.45) is 11.3 Å². The number of anilines is 2. The summed E-state index contributed by atoms with van der Waals surface area (Å²) in [4.78, 5) is 43.6. The maximum absolute atomic E-state index is 14.2. The van der Waals surface area contributed by atoms with Gasteiger partial charge >= 0.3 is 5.69 Å². The zero-order valence-electron chi connectivity index (χ0n) is 35.9. The summed E-state index contributed by atoms with van der Waals surface area (Å²) in [7, 11) is -4.59. The molecule has 1 atom stereocenters. The van der Waals surface area contributed by atoms with Crippen LogP contribution in [0.3, 0.4) is 0 Å². The minimum absolute atomic E-state index is 0.00257. The Morgan fingerprint density at radius 1 is 0.906 bits per heavy atom. The van der Waals surface area contributed by atoms with Gasteiger partial charge in [0.25, 0.3) is 15.9 Å². The number of likely N-dealkylation sites (tertiary alicyclic amines) is 1. The van der Waals surface area contributed by atoms with Gasteiger partial charge in [-0.3, -0.25) is 29.6 Å². The van der Waals surface area contributed by atoms with Crippen molar-refractivity contribution in [3.63, 3.8) is 0 Å². The van der Waals surface area contributed by atoms with E-state index in [-0.39, 0.29) is 11.4 Å². The highest BCUT2D eigenvalue weighted by Crippen LogP contribution is 2.55. The van der Waals surface area contributed by atoms with E-state index in [0.717, 1.165) is 80.9 Å². The topological polar surface area (TPSA) is 184 Å². The van der Waals surface area contributed by atoms with Crippen molar-refractivity contribution >= 4 is 55.2 Å². The molecule has 332 valence electrons. The number of nitrogens with zero attached hydrogens (tertiary/aromatic N) is 7. The Morgan fingerprint density at radius 2 is 1.70 bits per heavy atom. The van der Waals surface area contributed by atoms with Crippen LogP contribution in [0.4, 0.5) is 17.2 Å². The molecular formula is C48H54N10O5S. The number of fused-ring (bicyclic) bond motifs is 2. The molecule has 6 aromatic rings. The highest BCUT2D eigenvalue weighted by atomic mass is 32.2. The predicted octanol–water partition coefficient (Wildman–Crippen LogP) is 8.78. The van der Waals surface area contributed by atoms with E-state index in [1.165, 1.54) is 51.5 Å². The molecule has 64 heavy (non-hydrogen) atoms. The lowest BCUT2D eigenvalue weighted by molar-refractivity contribution is -0.384. The third kappa shape index (κ3) is 7.67. The van der Waals surface area contributed by atoms with Crippen molar-refractivity contribution in [2.45, 2.75) is 106 Å². The molecule has 4 aromatic heterocycles. The lowest BCUT2D eigenvalue weighted by atomic mass is 9.59. The molecule has 3 saturated carbocycles. The van der Waals surface area contributed by atoms with Crippen LogP contribution < -0.4 is 14.9 Å². The average Bonchev–Trinajstić information content (AvgIpc) is 3.63. The van der Waals surface area contributed by atoms with Crippen LogP contribution in [0, 0.1) is 21.4 Å². The van der Waals surface area contributed by atoms with E-state index < -0.39 is 31.4 Å². The summed E-state index contributed by atoms with van der Waals surface area (Å²) in [6.45, 7) is 3.43. The van der Waals surface area contributed by atoms with Crippen molar-refractivity contribution < 1.29 is 18.1 Å². The minimum atomic E-state index is -4.59. The van der Waals surface area contributed by atoms with Gasteiger partial charge in [-0.1, -0.05) is 43.5 Å². The van der Waals surface area contributed by atoms with Gasteiger partial charge in [0.1, 0.15) is 10.4 Å². The molecule has 2 saturated heterocycles. The summed E-state index contributed by atoms with van der Waals surface area (Å²) in [6.07, 6.45) is 19.7. The van der Waals surface area contributed by atoms with Gasteiger partial charge < -0.3 is 10.2 Å². The fraction of sp³-hybridized carbons (Fsp3) is 0.458. The number of H-pyrrole nitrogens is 1. The van der Waals surface area contributed by atoms with Crippen LogP contribution in [0.15, 0.2) is 84.1 Å². The van der Waals surface area contributed by atoms with Gasteiger partial charge in [0.2, 0.25) is 5.82 Å². The van der Waals surface area contributed by atoms with Crippen LogP contribution in [0.2, 0.25) is 0 Å². The molecule has 3 N–H and O–H groups in total. The molecule has 2 aromatic carbocycles. The van der Waals surface area contributed by atoms with E-state index in [2.05, 4.69) is 59.2 Å². The normalized spacial score (nSPS) is 20.8. The molecule has 0 bridgehead atoms. The van der Waals surface area contributed by atoms with Crippen molar-refractivity contribution in [1.82, 2.24) is 34.4 Å². The standard InChI is InChI=1S/C48H54N10O5S/c59-47(54-64(62,63)36-25-44(58(60)61)46(51-29-36)50-28-31-7-2-1-3-8-31)39-15-14-34(24-42(39)57-43-23-33-16-19-49-45(33)53-40(43)30-52-57)55-21-17-48(18-22-55)26-35(27-48)56-20-6-11-41(56)38-10-5-4-9-37(38)32-12-13-32/h4-5,9-10,14-16,19,23-25,29-32,35,41,52H,1-3,6-8,11-13,17-18,20-22,26-28H2,(H,50,51)(H,54,59)/t41-/m0/s1. The summed E-state index contributed by atoms with van der Waals surface area (Å²) in [6, 6.07) is 20.5. The summed E-state index contributed by atoms with van der Waals surface area (Å²) in [5.41, 5.74) is 6.35. The number of pyridine rings is 2. The number of hydrogen-bond donors (Lipinski definition) is 3. The molecule has 6 heterocycles. The summed E-state index contributed by atoms with van der Waals surface area (Å²) in [5.74, 6) is 0.229. The van der Waals surface area contributed by atoms with Crippen molar-refractivity contribution in [3.05, 3.63) is 106 Å². The number of sulfonamides is 1. The number of piperidine rings is 1. The van der Waals surface area contributed by atoms with Crippen LogP contribution in [0.5, 0.6) is 0 Å². The van der Waals surface area contributed by atoms with E-state index >= 15 is 0 Å². The van der Waals surface area contributed by atoms with Crippen molar-refractivity contribution in [3.8, 4) is 5.69 Å². The summed E-state index contributed by atoms with van der Waals surface area (Å²) >= 11 is 0. The smallest absolute Gasteiger partial charge is 0.312 e. The Labute approximate surface area is 372 Å². The van der Waals surface area contributed by atoms with Crippen molar-refractivity contribution in [2.75, 3.05) is 36.4 Å². The monoisotopic (exact) mass is 882 g/mol. The Morgan fingerprint density at radius 3 is 2.48 bits per heavy atom. The van der Waals surface area contributed by atoms with Gasteiger partial charge in [-0.2, -0.15) is 0 Å². The number of benzene rings is 2. The van der Waals surface area contributed by atoms with Gasteiger partial charge in [-0.25, -0.2) is 28.1 Å².